The van der Waals surface area contributed by atoms with Crippen LogP contribution in [0.15, 0.2) is 0 Å². The van der Waals surface area contributed by atoms with Crippen molar-refractivity contribution in [2.75, 3.05) is 0 Å². The third-order valence-corrected chi connectivity index (χ3v) is 2.15. The van der Waals surface area contributed by atoms with Crippen molar-refractivity contribution in [2.24, 2.45) is 5.41 Å². The minimum atomic E-state index is -2.56. The SMILES string of the molecule is CC(C)(C)CC(=O)NC1CC(F)(F)C1. The first-order chi connectivity index (χ1) is 6.18. The Morgan fingerprint density at radius 3 is 2.29 bits per heavy atom. The molecule has 1 saturated carbocycles. The van der Waals surface area contributed by atoms with E-state index >= 15 is 0 Å². The van der Waals surface area contributed by atoms with Crippen molar-refractivity contribution in [3.63, 3.8) is 0 Å². The zero-order valence-electron chi connectivity index (χ0n) is 8.86. The maximum absolute atomic E-state index is 12.4. The summed E-state index contributed by atoms with van der Waals surface area (Å²) in [5, 5.41) is 2.61. The summed E-state index contributed by atoms with van der Waals surface area (Å²) < 4.78 is 24.9. The van der Waals surface area contributed by atoms with Crippen LogP contribution in [-0.4, -0.2) is 17.9 Å². The maximum Gasteiger partial charge on any atom is 0.252 e. The number of nitrogens with one attached hydrogen (secondary N) is 1. The molecule has 0 atom stereocenters. The predicted molar refractivity (Wildman–Crippen MR) is 50.2 cm³/mol. The fourth-order valence-corrected chi connectivity index (χ4v) is 1.52. The Morgan fingerprint density at radius 2 is 1.93 bits per heavy atom. The second-order valence-corrected chi connectivity index (χ2v) is 5.27. The number of halogens is 2. The predicted octanol–water partition coefficient (Wildman–Crippen LogP) is 2.34. The van der Waals surface area contributed by atoms with Gasteiger partial charge in [0.1, 0.15) is 0 Å². The van der Waals surface area contributed by atoms with Crippen molar-refractivity contribution < 1.29 is 13.6 Å². The van der Waals surface area contributed by atoms with Gasteiger partial charge in [-0.05, 0) is 5.41 Å². The molecule has 4 heteroatoms. The molecule has 1 N–H and O–H groups in total. The van der Waals surface area contributed by atoms with Crippen LogP contribution in [0, 0.1) is 5.41 Å². The Morgan fingerprint density at radius 1 is 1.43 bits per heavy atom. The molecule has 0 saturated heterocycles. The van der Waals surface area contributed by atoms with Crippen LogP contribution < -0.4 is 5.32 Å². The van der Waals surface area contributed by atoms with E-state index < -0.39 is 5.92 Å². The molecule has 0 aliphatic heterocycles. The van der Waals surface area contributed by atoms with Gasteiger partial charge in [-0.2, -0.15) is 0 Å². The molecule has 1 fully saturated rings. The molecule has 0 bridgehead atoms. The Hall–Kier alpha value is -0.670. The molecule has 0 aromatic carbocycles. The van der Waals surface area contributed by atoms with Crippen LogP contribution in [0.3, 0.4) is 0 Å². The number of alkyl halides is 2. The molecule has 0 aromatic heterocycles. The van der Waals surface area contributed by atoms with Gasteiger partial charge in [-0.25, -0.2) is 8.78 Å². The molecule has 82 valence electrons. The van der Waals surface area contributed by atoms with Crippen LogP contribution >= 0.6 is 0 Å². The zero-order valence-corrected chi connectivity index (χ0v) is 8.86. The minimum Gasteiger partial charge on any atom is -0.353 e. The van der Waals surface area contributed by atoms with Crippen molar-refractivity contribution in [1.29, 1.82) is 0 Å². The van der Waals surface area contributed by atoms with Gasteiger partial charge in [0.2, 0.25) is 5.91 Å². The van der Waals surface area contributed by atoms with Gasteiger partial charge < -0.3 is 5.32 Å². The average Bonchev–Trinajstić information content (AvgIpc) is 1.76. The molecule has 0 spiro atoms. The van der Waals surface area contributed by atoms with E-state index in [0.29, 0.717) is 6.42 Å². The van der Waals surface area contributed by atoms with Crippen LogP contribution in [0.1, 0.15) is 40.0 Å². The molecule has 1 aliphatic carbocycles. The van der Waals surface area contributed by atoms with E-state index in [2.05, 4.69) is 5.32 Å². The van der Waals surface area contributed by atoms with Crippen molar-refractivity contribution >= 4 is 5.91 Å². The van der Waals surface area contributed by atoms with Gasteiger partial charge in [0.25, 0.3) is 5.92 Å². The lowest BCUT2D eigenvalue weighted by molar-refractivity contribution is -0.130. The van der Waals surface area contributed by atoms with Crippen LogP contribution in [0.5, 0.6) is 0 Å². The maximum atomic E-state index is 12.4. The summed E-state index contributed by atoms with van der Waals surface area (Å²) in [6.45, 7) is 5.84. The van der Waals surface area contributed by atoms with E-state index in [0.717, 1.165) is 0 Å². The molecular weight excluding hydrogens is 188 g/mol. The second kappa shape index (κ2) is 3.48. The highest BCUT2D eigenvalue weighted by Gasteiger charge is 2.45. The lowest BCUT2D eigenvalue weighted by Gasteiger charge is -2.35. The summed E-state index contributed by atoms with van der Waals surface area (Å²) in [5.74, 6) is -2.68. The monoisotopic (exact) mass is 205 g/mol. The van der Waals surface area contributed by atoms with Gasteiger partial charge in [0, 0.05) is 25.3 Å². The highest BCUT2D eigenvalue weighted by atomic mass is 19.3. The number of hydrogen-bond acceptors (Lipinski definition) is 1. The van der Waals surface area contributed by atoms with E-state index in [-0.39, 0.29) is 30.2 Å². The van der Waals surface area contributed by atoms with Crippen LogP contribution in [-0.2, 0) is 4.79 Å². The van der Waals surface area contributed by atoms with Crippen molar-refractivity contribution in [3.05, 3.63) is 0 Å². The molecular formula is C10H17F2NO. The van der Waals surface area contributed by atoms with Crippen LogP contribution in [0.25, 0.3) is 0 Å². The normalized spacial score (nSPS) is 21.5. The first-order valence-corrected chi connectivity index (χ1v) is 4.85. The lowest BCUT2D eigenvalue weighted by atomic mass is 9.87. The largest absolute Gasteiger partial charge is 0.353 e. The standard InChI is InChI=1S/C10H17F2NO/c1-9(2,3)6-8(14)13-7-4-10(11,12)5-7/h7H,4-6H2,1-3H3,(H,13,14). The Balaban J connectivity index is 2.24. The summed E-state index contributed by atoms with van der Waals surface area (Å²) in [6, 6.07) is -0.320. The van der Waals surface area contributed by atoms with E-state index in [1.54, 1.807) is 0 Å². The van der Waals surface area contributed by atoms with Crippen molar-refractivity contribution in [1.82, 2.24) is 5.32 Å². The highest BCUT2D eigenvalue weighted by Crippen LogP contribution is 2.37. The van der Waals surface area contributed by atoms with Gasteiger partial charge >= 0.3 is 0 Å². The topological polar surface area (TPSA) is 29.1 Å². The summed E-state index contributed by atoms with van der Waals surface area (Å²) >= 11 is 0. The zero-order chi connectivity index (χ0) is 11.0. The van der Waals surface area contributed by atoms with Gasteiger partial charge in [-0.3, -0.25) is 4.79 Å². The minimum absolute atomic E-state index is 0.0870. The van der Waals surface area contributed by atoms with Crippen molar-refractivity contribution in [3.8, 4) is 0 Å². The fraction of sp³-hybridized carbons (Fsp3) is 0.900. The number of carbonyl (C=O) groups is 1. The Kier molecular flexibility index (Phi) is 2.83. The number of rotatable bonds is 2. The van der Waals surface area contributed by atoms with E-state index in [9.17, 15) is 13.6 Å². The summed E-state index contributed by atoms with van der Waals surface area (Å²) in [6.07, 6.45) is -0.0269. The number of amides is 1. The second-order valence-electron chi connectivity index (χ2n) is 5.27. The fourth-order valence-electron chi connectivity index (χ4n) is 1.52. The third kappa shape index (κ3) is 3.60. The Labute approximate surface area is 83.1 Å². The molecule has 0 heterocycles. The molecule has 14 heavy (non-hydrogen) atoms. The number of hydrogen-bond donors (Lipinski definition) is 1. The molecule has 0 aromatic rings. The molecule has 2 nitrogen and oxygen atoms in total. The first-order valence-electron chi connectivity index (χ1n) is 4.85. The third-order valence-electron chi connectivity index (χ3n) is 2.15. The molecule has 1 amide bonds. The van der Waals surface area contributed by atoms with E-state index in [1.807, 2.05) is 20.8 Å². The number of carbonyl (C=O) groups excluding carboxylic acids is 1. The summed E-state index contributed by atoms with van der Waals surface area (Å²) in [7, 11) is 0. The molecule has 1 aliphatic rings. The van der Waals surface area contributed by atoms with Crippen LogP contribution in [0.2, 0.25) is 0 Å². The van der Waals surface area contributed by atoms with Gasteiger partial charge in [0.15, 0.2) is 0 Å². The van der Waals surface area contributed by atoms with E-state index in [1.165, 1.54) is 0 Å². The quantitative estimate of drug-likeness (QED) is 0.736. The molecule has 1 rings (SSSR count). The van der Waals surface area contributed by atoms with Crippen LogP contribution in [0.4, 0.5) is 8.78 Å². The summed E-state index contributed by atoms with van der Waals surface area (Å²) in [4.78, 5) is 11.3. The van der Waals surface area contributed by atoms with Crippen molar-refractivity contribution in [2.45, 2.75) is 52.0 Å². The Bertz CT molecular complexity index is 225. The smallest absolute Gasteiger partial charge is 0.252 e. The summed E-state index contributed by atoms with van der Waals surface area (Å²) in [5.41, 5.74) is -0.0870. The molecule has 0 radical (unpaired) electrons. The first kappa shape index (κ1) is 11.4. The lowest BCUT2D eigenvalue weighted by Crippen LogP contribution is -2.50. The highest BCUT2D eigenvalue weighted by molar-refractivity contribution is 5.77. The van der Waals surface area contributed by atoms with Gasteiger partial charge in [-0.1, -0.05) is 20.8 Å². The van der Waals surface area contributed by atoms with Gasteiger partial charge in [-0.15, -0.1) is 0 Å². The van der Waals surface area contributed by atoms with E-state index in [4.69, 9.17) is 0 Å². The average molecular weight is 205 g/mol. The molecule has 0 unspecified atom stereocenters. The van der Waals surface area contributed by atoms with Gasteiger partial charge in [0.05, 0.1) is 0 Å².